The van der Waals surface area contributed by atoms with Crippen molar-refractivity contribution < 1.29 is 63.9 Å². The first-order chi connectivity index (χ1) is 25.3. The molecule has 9 atom stereocenters. The van der Waals surface area contributed by atoms with Gasteiger partial charge in [0.15, 0.2) is 23.3 Å². The molecule has 53 heavy (non-hydrogen) atoms. The van der Waals surface area contributed by atoms with Crippen molar-refractivity contribution in [3.63, 3.8) is 0 Å². The van der Waals surface area contributed by atoms with E-state index >= 15 is 0 Å². The topological polar surface area (TPSA) is 230 Å². The molecule has 16 heteroatoms. The average Bonchev–Trinajstić information content (AvgIpc) is 3.52. The van der Waals surface area contributed by atoms with Crippen molar-refractivity contribution in [3.8, 4) is 45.6 Å². The number of phenolic OH excluding ortho intramolecular Hbond substituents is 1. The molecule has 286 valence electrons. The Morgan fingerprint density at radius 1 is 1.11 bits per heavy atom. The number of piperidine rings is 1. The van der Waals surface area contributed by atoms with E-state index in [1.165, 1.54) is 32.4 Å². The van der Waals surface area contributed by atoms with E-state index in [-0.39, 0.29) is 30.5 Å². The van der Waals surface area contributed by atoms with Gasteiger partial charge in [0.05, 0.1) is 19.1 Å². The lowest BCUT2D eigenvalue weighted by molar-refractivity contribution is -0.362. The lowest BCUT2D eigenvalue weighted by Gasteiger charge is -2.58. The van der Waals surface area contributed by atoms with Gasteiger partial charge < -0.3 is 64.4 Å². The number of aliphatic hydroxyl groups is 4. The number of carbonyl (C=O) groups is 1. The van der Waals surface area contributed by atoms with Gasteiger partial charge >= 0.3 is 5.97 Å². The Hall–Kier alpha value is -4.39. The van der Waals surface area contributed by atoms with Crippen LogP contribution in [0.2, 0.25) is 0 Å². The lowest BCUT2D eigenvalue weighted by atomic mass is 9.74. The van der Waals surface area contributed by atoms with Gasteiger partial charge in [-0.25, -0.2) is 4.79 Å². The maximum Gasteiger partial charge on any atom is 0.340 e. The number of rotatable bonds is 12. The van der Waals surface area contributed by atoms with Crippen LogP contribution in [0.15, 0.2) is 48.5 Å². The van der Waals surface area contributed by atoms with Crippen LogP contribution in [0.4, 0.5) is 0 Å². The molecule has 16 nitrogen and oxygen atoms in total. The molecule has 0 radical (unpaired) electrons. The van der Waals surface area contributed by atoms with E-state index in [1.807, 2.05) is 0 Å². The third kappa shape index (κ3) is 6.08. The highest BCUT2D eigenvalue weighted by Gasteiger charge is 2.71. The average molecular weight is 740 g/mol. The Balaban J connectivity index is 1.26. The number of carboxylic acids is 1. The first kappa shape index (κ1) is 36.9. The molecule has 9 N–H and O–H groups in total. The van der Waals surface area contributed by atoms with Crippen LogP contribution in [0.5, 0.6) is 34.5 Å². The summed E-state index contributed by atoms with van der Waals surface area (Å²) in [7, 11) is 2.97. The largest absolute Gasteiger partial charge is 0.508 e. The molecule has 0 aromatic heterocycles. The van der Waals surface area contributed by atoms with E-state index in [0.29, 0.717) is 45.4 Å². The first-order valence-electron chi connectivity index (χ1n) is 17.5. The molecule has 0 amide bonds. The Morgan fingerprint density at radius 2 is 1.91 bits per heavy atom. The predicted octanol–water partition coefficient (Wildman–Crippen LogP) is 1.13. The zero-order valence-corrected chi connectivity index (χ0v) is 29.6. The molecular weight excluding hydrogens is 694 g/mol. The van der Waals surface area contributed by atoms with Crippen LogP contribution in [0, 0.1) is 5.92 Å². The summed E-state index contributed by atoms with van der Waals surface area (Å²) in [6.45, 7) is 5.14. The highest BCUT2D eigenvalue weighted by molar-refractivity contribution is 5.81. The molecule has 3 aromatic rings. The van der Waals surface area contributed by atoms with E-state index in [4.69, 9.17) is 28.4 Å². The van der Waals surface area contributed by atoms with Gasteiger partial charge in [-0.1, -0.05) is 32.0 Å². The molecule has 0 saturated carbocycles. The van der Waals surface area contributed by atoms with Gasteiger partial charge in [0.1, 0.15) is 36.2 Å². The third-order valence-corrected chi connectivity index (χ3v) is 10.5. The molecule has 4 heterocycles. The Labute approximate surface area is 305 Å². The number of hydrogen-bond acceptors (Lipinski definition) is 15. The second-order valence-electron chi connectivity index (χ2n) is 14.1. The number of fused-ring (bicyclic) bond motifs is 7. The van der Waals surface area contributed by atoms with Crippen molar-refractivity contribution in [1.29, 1.82) is 0 Å². The molecule has 0 spiro atoms. The fourth-order valence-corrected chi connectivity index (χ4v) is 7.69. The normalized spacial score (nSPS) is 31.1. The van der Waals surface area contributed by atoms with Crippen molar-refractivity contribution in [2.75, 3.05) is 34.0 Å². The standard InChI is InChI=1S/C37H45N3O13/c1-17(2)10-11-39-16-49-23-9-8-21-27-30(52-28(21)29(23)48-4)26-22(18-6-5-7-19(41)12-18)13-20(14-24(26)51-32(27)43)50-33-31(42)37(47)34(44)36(53-33,35(45)46)25(38-3)15-40-37/h5-9,12-14,17,25,27,30-34,38-44,47H,10-11,15-16H2,1-4H3,(H,45,46). The van der Waals surface area contributed by atoms with Crippen molar-refractivity contribution in [2.24, 2.45) is 5.92 Å². The number of nitrogens with one attached hydrogen (secondary N) is 3. The number of likely N-dealkylation sites (N-methyl/N-ethyl adjacent to an activating group) is 1. The van der Waals surface area contributed by atoms with Gasteiger partial charge in [0, 0.05) is 23.7 Å². The summed E-state index contributed by atoms with van der Waals surface area (Å²) in [4.78, 5) is 12.7. The number of carboxylic acid groups (broad SMARTS) is 1. The number of aliphatic carboxylic acids is 1. The van der Waals surface area contributed by atoms with Crippen LogP contribution < -0.4 is 39.6 Å². The van der Waals surface area contributed by atoms with Crippen LogP contribution >= 0.6 is 0 Å². The minimum absolute atomic E-state index is 0.0230. The molecule has 2 saturated heterocycles. The molecule has 4 aliphatic heterocycles. The Kier molecular flexibility index (Phi) is 9.84. The van der Waals surface area contributed by atoms with Crippen LogP contribution in [0.3, 0.4) is 0 Å². The third-order valence-electron chi connectivity index (χ3n) is 10.5. The van der Waals surface area contributed by atoms with Gasteiger partial charge in [-0.15, -0.1) is 0 Å². The highest BCUT2D eigenvalue weighted by Crippen LogP contribution is 2.59. The predicted molar refractivity (Wildman–Crippen MR) is 186 cm³/mol. The summed E-state index contributed by atoms with van der Waals surface area (Å²) < 4.78 is 36.4. The number of benzene rings is 3. The second-order valence-corrected chi connectivity index (χ2v) is 14.1. The maximum atomic E-state index is 12.7. The fraction of sp³-hybridized carbons (Fsp3) is 0.486. The molecule has 0 aliphatic carbocycles. The lowest BCUT2D eigenvalue weighted by Crippen LogP contribution is -2.87. The molecule has 2 fully saturated rings. The summed E-state index contributed by atoms with van der Waals surface area (Å²) in [5, 5.41) is 74.6. The zero-order chi connectivity index (χ0) is 37.8. The molecule has 4 aliphatic rings. The number of aromatic hydroxyl groups is 1. The fourth-order valence-electron chi connectivity index (χ4n) is 7.69. The molecular formula is C37H45N3O13. The quantitative estimate of drug-likeness (QED) is 0.0937. The van der Waals surface area contributed by atoms with Crippen molar-refractivity contribution >= 4 is 5.97 Å². The van der Waals surface area contributed by atoms with Crippen molar-refractivity contribution in [1.82, 2.24) is 16.0 Å². The minimum atomic E-state index is -2.52. The first-order valence-corrected chi connectivity index (χ1v) is 17.5. The maximum absolute atomic E-state index is 12.7. The van der Waals surface area contributed by atoms with Crippen LogP contribution in [0.25, 0.3) is 11.1 Å². The number of hydrogen-bond donors (Lipinski definition) is 9. The van der Waals surface area contributed by atoms with E-state index in [0.717, 1.165) is 13.0 Å². The summed E-state index contributed by atoms with van der Waals surface area (Å²) in [5.41, 5.74) is -2.89. The summed E-state index contributed by atoms with van der Waals surface area (Å²) >= 11 is 0. The number of phenols is 1. The molecule has 9 unspecified atom stereocenters. The number of aliphatic hydroxyl groups excluding tert-OH is 3. The molecule has 3 aromatic carbocycles. The van der Waals surface area contributed by atoms with Gasteiger partial charge in [-0.05, 0) is 61.3 Å². The summed E-state index contributed by atoms with van der Waals surface area (Å²) in [6.07, 6.45) is -7.15. The van der Waals surface area contributed by atoms with E-state index in [2.05, 4.69) is 29.8 Å². The van der Waals surface area contributed by atoms with E-state index < -0.39 is 60.1 Å². The van der Waals surface area contributed by atoms with E-state index in [1.54, 1.807) is 30.3 Å². The second kappa shape index (κ2) is 14.1. The smallest absolute Gasteiger partial charge is 0.340 e. The van der Waals surface area contributed by atoms with E-state index in [9.17, 15) is 35.4 Å². The van der Waals surface area contributed by atoms with Gasteiger partial charge in [0.2, 0.25) is 23.9 Å². The number of ether oxygens (including phenoxy) is 6. The van der Waals surface area contributed by atoms with Crippen molar-refractivity contribution in [3.05, 3.63) is 59.7 Å². The van der Waals surface area contributed by atoms with Crippen LogP contribution in [-0.2, 0) is 9.53 Å². The van der Waals surface area contributed by atoms with Gasteiger partial charge in [0.25, 0.3) is 0 Å². The number of methoxy groups -OCH3 is 1. The van der Waals surface area contributed by atoms with Crippen LogP contribution in [0.1, 0.15) is 43.4 Å². The van der Waals surface area contributed by atoms with Gasteiger partial charge in [-0.2, -0.15) is 0 Å². The zero-order valence-electron chi connectivity index (χ0n) is 29.6. The summed E-state index contributed by atoms with van der Waals surface area (Å²) in [6, 6.07) is 11.8. The highest BCUT2D eigenvalue weighted by atomic mass is 16.7. The minimum Gasteiger partial charge on any atom is -0.508 e. The Bertz CT molecular complexity index is 1860. The van der Waals surface area contributed by atoms with Crippen molar-refractivity contribution in [2.45, 2.75) is 74.4 Å². The summed E-state index contributed by atoms with van der Waals surface area (Å²) in [5.74, 6) is -0.568. The molecule has 2 bridgehead atoms. The van der Waals surface area contributed by atoms with Crippen LogP contribution in [-0.4, -0.2) is 113 Å². The molecule has 7 rings (SSSR count). The monoisotopic (exact) mass is 739 g/mol. The Morgan fingerprint density at radius 3 is 2.60 bits per heavy atom. The SMILES string of the molecule is CNC1CNC2(O)C(O)C(Oc3cc4c(c(-c5cccc(O)c5)c3)C3Oc5c(ccc(OCNCCC(C)C)c5OC)C3C(O)O4)OC1(C(=O)O)C2O. The van der Waals surface area contributed by atoms with Gasteiger partial charge in [-0.3, -0.25) is 10.6 Å².